The van der Waals surface area contributed by atoms with Crippen LogP contribution in [0.25, 0.3) is 0 Å². The van der Waals surface area contributed by atoms with Crippen LogP contribution in [0.5, 0.6) is 0 Å². The Hall–Kier alpha value is 0.640. The lowest BCUT2D eigenvalue weighted by Gasteiger charge is -2.40. The van der Waals surface area contributed by atoms with Gasteiger partial charge in [-0.15, -0.1) is 36.2 Å². The minimum atomic E-state index is 0. The van der Waals surface area contributed by atoms with Crippen LogP contribution >= 0.6 is 52.1 Å². The summed E-state index contributed by atoms with van der Waals surface area (Å²) in [5.74, 6) is 0.748. The molecule has 0 amide bonds. The van der Waals surface area contributed by atoms with E-state index in [1.807, 2.05) is 11.3 Å². The maximum atomic E-state index is 5.54. The molecule has 0 aromatic carbocycles. The van der Waals surface area contributed by atoms with Crippen LogP contribution in [0.4, 0.5) is 0 Å². The number of piperazine rings is 1. The maximum absolute atomic E-state index is 5.54. The van der Waals surface area contributed by atoms with Gasteiger partial charge in [-0.05, 0) is 40.8 Å². The summed E-state index contributed by atoms with van der Waals surface area (Å²) in [6, 6.07) is 2.90. The fourth-order valence-electron chi connectivity index (χ4n) is 3.19. The highest BCUT2D eigenvalue weighted by molar-refractivity contribution is 9.10. The van der Waals surface area contributed by atoms with Crippen molar-refractivity contribution >= 4 is 52.1 Å². The predicted octanol–water partition coefficient (Wildman–Crippen LogP) is 3.73. The van der Waals surface area contributed by atoms with Crippen LogP contribution in [-0.2, 0) is 4.74 Å². The Morgan fingerprint density at radius 2 is 1.90 bits per heavy atom. The number of hydrogen-bond donors (Lipinski definition) is 1. The SMILES string of the molecule is Brc1csc([C@H](C2CCOCC2)N2CCNCC2)c1.Cl.Cl. The molecule has 0 unspecified atom stereocenters. The second-order valence-corrected chi connectivity index (χ2v) is 7.21. The molecule has 3 nitrogen and oxygen atoms in total. The molecule has 21 heavy (non-hydrogen) atoms. The van der Waals surface area contributed by atoms with E-state index >= 15 is 0 Å². The van der Waals surface area contributed by atoms with Crippen molar-refractivity contribution in [2.45, 2.75) is 18.9 Å². The summed E-state index contributed by atoms with van der Waals surface area (Å²) in [7, 11) is 0. The molecule has 0 aliphatic carbocycles. The van der Waals surface area contributed by atoms with Crippen LogP contribution in [0.15, 0.2) is 15.9 Å². The van der Waals surface area contributed by atoms with E-state index in [0.29, 0.717) is 6.04 Å². The molecule has 2 saturated heterocycles. The Kier molecular flexibility index (Phi) is 9.10. The Bertz CT molecular complexity index is 391. The average Bonchev–Trinajstić information content (AvgIpc) is 2.88. The zero-order valence-corrected chi connectivity index (χ0v) is 16.0. The molecule has 2 aliphatic heterocycles. The lowest BCUT2D eigenvalue weighted by Crippen LogP contribution is -2.47. The minimum absolute atomic E-state index is 0. The third-order valence-electron chi connectivity index (χ3n) is 4.14. The molecule has 122 valence electrons. The molecule has 7 heteroatoms. The molecule has 1 N–H and O–H groups in total. The first-order chi connectivity index (χ1) is 9.34. The van der Waals surface area contributed by atoms with Crippen molar-refractivity contribution in [1.29, 1.82) is 0 Å². The Balaban J connectivity index is 0.00000110. The van der Waals surface area contributed by atoms with Gasteiger partial charge in [0.2, 0.25) is 0 Å². The minimum Gasteiger partial charge on any atom is -0.381 e. The summed E-state index contributed by atoms with van der Waals surface area (Å²) in [6.45, 7) is 6.42. The smallest absolute Gasteiger partial charge is 0.0472 e. The number of thiophene rings is 1. The maximum Gasteiger partial charge on any atom is 0.0472 e. The molecule has 3 rings (SSSR count). The van der Waals surface area contributed by atoms with E-state index in [1.54, 1.807) is 0 Å². The van der Waals surface area contributed by atoms with Gasteiger partial charge < -0.3 is 10.1 Å². The number of nitrogens with zero attached hydrogens (tertiary/aromatic N) is 1. The molecule has 0 spiro atoms. The molecule has 1 aromatic rings. The summed E-state index contributed by atoms with van der Waals surface area (Å²) >= 11 is 5.50. The average molecular weight is 418 g/mol. The van der Waals surface area contributed by atoms with E-state index < -0.39 is 0 Å². The van der Waals surface area contributed by atoms with Crippen LogP contribution in [0, 0.1) is 5.92 Å². The zero-order valence-electron chi connectivity index (χ0n) is 11.9. The number of rotatable bonds is 3. The van der Waals surface area contributed by atoms with Crippen molar-refractivity contribution in [1.82, 2.24) is 10.2 Å². The van der Waals surface area contributed by atoms with Gasteiger partial charge in [-0.3, -0.25) is 4.90 Å². The van der Waals surface area contributed by atoms with Gasteiger partial charge in [0.25, 0.3) is 0 Å². The highest BCUT2D eigenvalue weighted by Gasteiger charge is 2.32. The summed E-state index contributed by atoms with van der Waals surface area (Å²) in [5.41, 5.74) is 0. The van der Waals surface area contributed by atoms with E-state index in [-0.39, 0.29) is 24.8 Å². The molecule has 2 aliphatic rings. The highest BCUT2D eigenvalue weighted by Crippen LogP contribution is 2.39. The van der Waals surface area contributed by atoms with Gasteiger partial charge in [0.05, 0.1) is 0 Å². The van der Waals surface area contributed by atoms with Crippen molar-refractivity contribution in [3.05, 3.63) is 20.8 Å². The number of ether oxygens (including phenoxy) is 1. The summed E-state index contributed by atoms with van der Waals surface area (Å²) in [5, 5.41) is 5.67. The van der Waals surface area contributed by atoms with Gasteiger partial charge in [-0.25, -0.2) is 0 Å². The Morgan fingerprint density at radius 1 is 1.24 bits per heavy atom. The van der Waals surface area contributed by atoms with Gasteiger partial charge in [0.1, 0.15) is 0 Å². The lowest BCUT2D eigenvalue weighted by molar-refractivity contribution is 0.0223. The molecule has 0 radical (unpaired) electrons. The van der Waals surface area contributed by atoms with Gasteiger partial charge in [-0.2, -0.15) is 0 Å². The molecule has 1 aromatic heterocycles. The monoisotopic (exact) mass is 416 g/mol. The summed E-state index contributed by atoms with van der Waals surface area (Å²) < 4.78 is 6.76. The van der Waals surface area contributed by atoms with Crippen molar-refractivity contribution in [3.63, 3.8) is 0 Å². The first-order valence-electron chi connectivity index (χ1n) is 7.11. The second kappa shape index (κ2) is 9.71. The molecular formula is C14H23BrCl2N2OS. The summed E-state index contributed by atoms with van der Waals surface area (Å²) in [6.07, 6.45) is 2.40. The van der Waals surface area contributed by atoms with Crippen molar-refractivity contribution < 1.29 is 4.74 Å². The number of hydrogen-bond acceptors (Lipinski definition) is 4. The van der Waals surface area contributed by atoms with Crippen LogP contribution in [-0.4, -0.2) is 44.3 Å². The second-order valence-electron chi connectivity index (χ2n) is 5.35. The third-order valence-corrected chi connectivity index (χ3v) is 5.90. The van der Waals surface area contributed by atoms with E-state index in [0.717, 1.165) is 45.3 Å². The van der Waals surface area contributed by atoms with Gasteiger partial charge >= 0.3 is 0 Å². The zero-order chi connectivity index (χ0) is 13.1. The van der Waals surface area contributed by atoms with E-state index in [2.05, 4.69) is 37.6 Å². The predicted molar refractivity (Wildman–Crippen MR) is 97.2 cm³/mol. The first kappa shape index (κ1) is 19.7. The third kappa shape index (κ3) is 5.06. The Morgan fingerprint density at radius 3 is 2.48 bits per heavy atom. The topological polar surface area (TPSA) is 24.5 Å². The molecule has 3 heterocycles. The van der Waals surface area contributed by atoms with Gasteiger partial charge in [0.15, 0.2) is 0 Å². The van der Waals surface area contributed by atoms with Crippen LogP contribution in [0.3, 0.4) is 0 Å². The van der Waals surface area contributed by atoms with E-state index in [1.165, 1.54) is 22.2 Å². The van der Waals surface area contributed by atoms with Crippen LogP contribution < -0.4 is 5.32 Å². The standard InChI is InChI=1S/C14H21BrN2OS.2ClH/c15-12-9-13(19-10-12)14(11-1-7-18-8-2-11)17-5-3-16-4-6-17;;/h9-11,14,16H,1-8H2;2*1H/t14-;;/m0../s1. The highest BCUT2D eigenvalue weighted by atomic mass is 79.9. The van der Waals surface area contributed by atoms with Gasteiger partial charge in [-0.1, -0.05) is 0 Å². The van der Waals surface area contributed by atoms with Crippen molar-refractivity contribution in [2.75, 3.05) is 39.4 Å². The van der Waals surface area contributed by atoms with E-state index in [9.17, 15) is 0 Å². The fraction of sp³-hybridized carbons (Fsp3) is 0.714. The number of nitrogens with one attached hydrogen (secondary N) is 1. The molecule has 2 fully saturated rings. The Labute approximate surface area is 151 Å². The normalized spacial score (nSPS) is 22.1. The molecule has 1 atom stereocenters. The van der Waals surface area contributed by atoms with Crippen molar-refractivity contribution in [2.24, 2.45) is 5.92 Å². The molecule has 0 saturated carbocycles. The number of halogens is 3. The van der Waals surface area contributed by atoms with Gasteiger partial charge in [0, 0.05) is 60.2 Å². The lowest BCUT2D eigenvalue weighted by atomic mass is 9.89. The van der Waals surface area contributed by atoms with Crippen LogP contribution in [0.1, 0.15) is 23.8 Å². The molecule has 0 bridgehead atoms. The first-order valence-corrected chi connectivity index (χ1v) is 8.78. The summed E-state index contributed by atoms with van der Waals surface area (Å²) in [4.78, 5) is 4.19. The fourth-order valence-corrected chi connectivity index (χ4v) is 4.86. The quantitative estimate of drug-likeness (QED) is 0.810. The van der Waals surface area contributed by atoms with E-state index in [4.69, 9.17) is 4.74 Å². The van der Waals surface area contributed by atoms with Crippen LogP contribution in [0.2, 0.25) is 0 Å². The van der Waals surface area contributed by atoms with Crippen molar-refractivity contribution in [3.8, 4) is 0 Å². The largest absolute Gasteiger partial charge is 0.381 e. The molecular weight excluding hydrogens is 395 g/mol.